The molecule has 3 nitrogen and oxygen atoms in total. The average Bonchev–Trinajstić information content (AvgIpc) is 2.53. The number of pyridine rings is 1. The van der Waals surface area contributed by atoms with Gasteiger partial charge < -0.3 is 9.64 Å². The van der Waals surface area contributed by atoms with Gasteiger partial charge in [0.1, 0.15) is 0 Å². The molecule has 0 atom stereocenters. The van der Waals surface area contributed by atoms with Crippen molar-refractivity contribution in [2.24, 2.45) is 0 Å². The molecule has 0 fully saturated rings. The van der Waals surface area contributed by atoms with Crippen LogP contribution in [-0.2, 0) is 0 Å². The molecule has 112 valence electrons. The maximum absolute atomic E-state index is 5.49. The molecular weight excluding hydrogens is 272 g/mol. The molecule has 1 heterocycles. The van der Waals surface area contributed by atoms with E-state index in [1.165, 1.54) is 5.56 Å². The summed E-state index contributed by atoms with van der Waals surface area (Å²) < 4.78 is 5.49. The van der Waals surface area contributed by atoms with Crippen molar-refractivity contribution in [3.63, 3.8) is 0 Å². The van der Waals surface area contributed by atoms with Crippen LogP contribution in [0.2, 0.25) is 0 Å². The first kappa shape index (κ1) is 14.4. The Morgan fingerprint density at radius 1 is 0.955 bits per heavy atom. The van der Waals surface area contributed by atoms with Crippen molar-refractivity contribution >= 4 is 16.5 Å². The van der Waals surface area contributed by atoms with Gasteiger partial charge in [0, 0.05) is 30.7 Å². The van der Waals surface area contributed by atoms with Crippen LogP contribution in [0.25, 0.3) is 22.0 Å². The molecule has 0 unspecified atom stereocenters. The van der Waals surface area contributed by atoms with Gasteiger partial charge in [-0.15, -0.1) is 0 Å². The van der Waals surface area contributed by atoms with E-state index in [4.69, 9.17) is 4.74 Å². The fraction of sp³-hybridized carbons (Fsp3) is 0.211. The molecule has 0 aliphatic carbocycles. The number of methoxy groups -OCH3 is 1. The van der Waals surface area contributed by atoms with Crippen LogP contribution in [0.5, 0.6) is 5.88 Å². The second kappa shape index (κ2) is 5.68. The average molecular weight is 292 g/mol. The SMILES string of the molecule is COc1nc(-c2ccc(C)cc2)cc2cc(N(C)C)ccc12. The predicted molar refractivity (Wildman–Crippen MR) is 92.8 cm³/mol. The number of anilines is 1. The van der Waals surface area contributed by atoms with Crippen molar-refractivity contribution in [1.29, 1.82) is 0 Å². The minimum absolute atomic E-state index is 0.665. The Morgan fingerprint density at radius 2 is 1.68 bits per heavy atom. The maximum atomic E-state index is 5.49. The van der Waals surface area contributed by atoms with E-state index in [-0.39, 0.29) is 0 Å². The van der Waals surface area contributed by atoms with Crippen LogP contribution in [-0.4, -0.2) is 26.2 Å². The van der Waals surface area contributed by atoms with E-state index in [0.29, 0.717) is 5.88 Å². The van der Waals surface area contributed by atoms with Crippen molar-refractivity contribution in [2.75, 3.05) is 26.1 Å². The molecule has 0 amide bonds. The first-order chi connectivity index (χ1) is 10.6. The van der Waals surface area contributed by atoms with Crippen molar-refractivity contribution in [2.45, 2.75) is 6.92 Å². The van der Waals surface area contributed by atoms with Gasteiger partial charge in [-0.25, -0.2) is 4.98 Å². The molecule has 3 rings (SSSR count). The van der Waals surface area contributed by atoms with Crippen LogP contribution in [0, 0.1) is 6.92 Å². The van der Waals surface area contributed by atoms with Crippen LogP contribution in [0.4, 0.5) is 5.69 Å². The highest BCUT2D eigenvalue weighted by atomic mass is 16.5. The van der Waals surface area contributed by atoms with Crippen LogP contribution >= 0.6 is 0 Å². The van der Waals surface area contributed by atoms with E-state index in [2.05, 4.69) is 65.3 Å². The monoisotopic (exact) mass is 292 g/mol. The third kappa shape index (κ3) is 2.62. The number of ether oxygens (including phenoxy) is 1. The lowest BCUT2D eigenvalue weighted by molar-refractivity contribution is 0.404. The van der Waals surface area contributed by atoms with Gasteiger partial charge in [-0.05, 0) is 36.6 Å². The molecule has 0 radical (unpaired) electrons. The minimum Gasteiger partial charge on any atom is -0.481 e. The normalized spacial score (nSPS) is 10.7. The van der Waals surface area contributed by atoms with E-state index in [1.54, 1.807) is 7.11 Å². The van der Waals surface area contributed by atoms with Gasteiger partial charge in [0.25, 0.3) is 0 Å². The standard InChI is InChI=1S/C19H20N2O/c1-13-5-7-14(8-6-13)18-12-15-11-16(21(2)3)9-10-17(15)19(20-18)22-4/h5-12H,1-4H3. The lowest BCUT2D eigenvalue weighted by atomic mass is 10.1. The molecule has 0 aliphatic rings. The summed E-state index contributed by atoms with van der Waals surface area (Å²) >= 11 is 0. The van der Waals surface area contributed by atoms with Crippen LogP contribution in [0.3, 0.4) is 0 Å². The number of hydrogen-bond acceptors (Lipinski definition) is 3. The fourth-order valence-corrected chi connectivity index (χ4v) is 2.52. The Morgan fingerprint density at radius 3 is 2.32 bits per heavy atom. The molecule has 0 saturated carbocycles. The van der Waals surface area contributed by atoms with Gasteiger partial charge >= 0.3 is 0 Å². The maximum Gasteiger partial charge on any atom is 0.221 e. The summed E-state index contributed by atoms with van der Waals surface area (Å²) in [7, 11) is 5.75. The van der Waals surface area contributed by atoms with E-state index in [0.717, 1.165) is 27.7 Å². The molecule has 0 N–H and O–H groups in total. The lowest BCUT2D eigenvalue weighted by Gasteiger charge is -2.14. The van der Waals surface area contributed by atoms with Gasteiger partial charge in [-0.3, -0.25) is 0 Å². The zero-order chi connectivity index (χ0) is 15.7. The number of rotatable bonds is 3. The molecule has 0 bridgehead atoms. The zero-order valence-electron chi connectivity index (χ0n) is 13.4. The second-order valence-corrected chi connectivity index (χ2v) is 5.68. The first-order valence-corrected chi connectivity index (χ1v) is 7.31. The number of aryl methyl sites for hydroxylation is 1. The quantitative estimate of drug-likeness (QED) is 0.720. The van der Waals surface area contributed by atoms with Gasteiger partial charge in [-0.2, -0.15) is 0 Å². The highest BCUT2D eigenvalue weighted by Crippen LogP contribution is 2.31. The molecule has 22 heavy (non-hydrogen) atoms. The van der Waals surface area contributed by atoms with E-state index in [1.807, 2.05) is 14.1 Å². The Labute approximate surface area is 131 Å². The molecule has 3 heteroatoms. The molecule has 3 aromatic rings. The van der Waals surface area contributed by atoms with E-state index < -0.39 is 0 Å². The van der Waals surface area contributed by atoms with E-state index >= 15 is 0 Å². The minimum atomic E-state index is 0.665. The number of fused-ring (bicyclic) bond motifs is 1. The Bertz CT molecular complexity index is 808. The fourth-order valence-electron chi connectivity index (χ4n) is 2.52. The predicted octanol–water partition coefficient (Wildman–Crippen LogP) is 4.28. The smallest absolute Gasteiger partial charge is 0.221 e. The Hall–Kier alpha value is -2.55. The van der Waals surface area contributed by atoms with Gasteiger partial charge in [0.15, 0.2) is 0 Å². The Balaban J connectivity index is 2.21. The molecule has 0 aliphatic heterocycles. The number of nitrogens with zero attached hydrogens (tertiary/aromatic N) is 2. The zero-order valence-corrected chi connectivity index (χ0v) is 13.4. The summed E-state index contributed by atoms with van der Waals surface area (Å²) in [6.07, 6.45) is 0. The largest absolute Gasteiger partial charge is 0.481 e. The van der Waals surface area contributed by atoms with Crippen LogP contribution in [0.15, 0.2) is 48.5 Å². The van der Waals surface area contributed by atoms with Gasteiger partial charge in [0.2, 0.25) is 5.88 Å². The summed E-state index contributed by atoms with van der Waals surface area (Å²) in [5, 5.41) is 2.16. The van der Waals surface area contributed by atoms with Crippen molar-refractivity contribution in [3.05, 3.63) is 54.1 Å². The number of aromatic nitrogens is 1. The number of hydrogen-bond donors (Lipinski definition) is 0. The third-order valence-corrected chi connectivity index (χ3v) is 3.84. The first-order valence-electron chi connectivity index (χ1n) is 7.31. The molecule has 0 spiro atoms. The lowest BCUT2D eigenvalue weighted by Crippen LogP contribution is -2.08. The molecule has 0 saturated heterocycles. The number of benzene rings is 2. The molecule has 2 aromatic carbocycles. The Kier molecular flexibility index (Phi) is 3.72. The van der Waals surface area contributed by atoms with Crippen LogP contribution < -0.4 is 9.64 Å². The summed E-state index contributed by atoms with van der Waals surface area (Å²) in [6, 6.07) is 16.8. The summed E-state index contributed by atoms with van der Waals surface area (Å²) in [6.45, 7) is 2.08. The highest BCUT2D eigenvalue weighted by Gasteiger charge is 2.09. The summed E-state index contributed by atoms with van der Waals surface area (Å²) in [4.78, 5) is 6.75. The molecular formula is C19H20N2O. The highest BCUT2D eigenvalue weighted by molar-refractivity contribution is 5.92. The van der Waals surface area contributed by atoms with Crippen molar-refractivity contribution in [3.8, 4) is 17.1 Å². The van der Waals surface area contributed by atoms with Gasteiger partial charge in [0.05, 0.1) is 12.8 Å². The van der Waals surface area contributed by atoms with Crippen molar-refractivity contribution in [1.82, 2.24) is 4.98 Å². The summed E-state index contributed by atoms with van der Waals surface area (Å²) in [5.74, 6) is 0.665. The molecule has 1 aromatic heterocycles. The van der Waals surface area contributed by atoms with Crippen LogP contribution in [0.1, 0.15) is 5.56 Å². The van der Waals surface area contributed by atoms with Crippen molar-refractivity contribution < 1.29 is 4.74 Å². The summed E-state index contributed by atoms with van der Waals surface area (Å²) in [5.41, 5.74) is 4.43. The second-order valence-electron chi connectivity index (χ2n) is 5.68. The third-order valence-electron chi connectivity index (χ3n) is 3.84. The van der Waals surface area contributed by atoms with Gasteiger partial charge in [-0.1, -0.05) is 29.8 Å². The van der Waals surface area contributed by atoms with E-state index in [9.17, 15) is 0 Å². The topological polar surface area (TPSA) is 25.4 Å².